The number of hydrogen-bond acceptors (Lipinski definition) is 4. The van der Waals surface area contributed by atoms with E-state index in [0.29, 0.717) is 23.0 Å². The van der Waals surface area contributed by atoms with Crippen LogP contribution < -0.4 is 0 Å². The topological polar surface area (TPSA) is 62.5 Å². The zero-order valence-corrected chi connectivity index (χ0v) is 28.3. The van der Waals surface area contributed by atoms with E-state index in [1.54, 1.807) is 0 Å². The molecule has 7 aromatic carbocycles. The Balaban J connectivity index is 1.34. The highest BCUT2D eigenvalue weighted by Crippen LogP contribution is 2.56. The lowest BCUT2D eigenvalue weighted by molar-refractivity contribution is 0.681. The normalized spacial score (nSPS) is 13.1. The summed E-state index contributed by atoms with van der Waals surface area (Å²) in [6.45, 7) is 0. The molecule has 9 rings (SSSR count). The van der Waals surface area contributed by atoms with Gasteiger partial charge in [0.2, 0.25) is 0 Å². The molecule has 1 aliphatic carbocycles. The molecular formula is C48H32N4. The van der Waals surface area contributed by atoms with Gasteiger partial charge in [0.05, 0.1) is 17.0 Å². The minimum absolute atomic E-state index is 0.173. The average molecular weight is 665 g/mol. The van der Waals surface area contributed by atoms with E-state index in [4.69, 9.17) is 15.0 Å². The SMILES string of the molecule is N#Cc1ccc(C2c3ccccc3C(c3ccccc3)(c3ccccc3)c3ccccc32)c(-c2nc(-c3ccccc3)nc(-c3ccccc3)n2)c1. The maximum absolute atomic E-state index is 10.2. The highest BCUT2D eigenvalue weighted by Gasteiger charge is 2.47. The first-order valence-electron chi connectivity index (χ1n) is 17.5. The second kappa shape index (κ2) is 13.1. The van der Waals surface area contributed by atoms with Crippen LogP contribution >= 0.6 is 0 Å². The zero-order chi connectivity index (χ0) is 34.9. The van der Waals surface area contributed by atoms with Gasteiger partial charge < -0.3 is 0 Å². The van der Waals surface area contributed by atoms with Crippen LogP contribution in [0.2, 0.25) is 0 Å². The van der Waals surface area contributed by atoms with Crippen molar-refractivity contribution in [1.82, 2.24) is 15.0 Å². The third-order valence-electron chi connectivity index (χ3n) is 10.2. The minimum Gasteiger partial charge on any atom is -0.208 e. The fraction of sp³-hybridized carbons (Fsp3) is 0.0417. The molecule has 52 heavy (non-hydrogen) atoms. The van der Waals surface area contributed by atoms with Crippen molar-refractivity contribution in [3.05, 3.63) is 233 Å². The molecule has 0 fully saturated rings. The van der Waals surface area contributed by atoms with Gasteiger partial charge in [-0.15, -0.1) is 0 Å². The van der Waals surface area contributed by atoms with E-state index in [1.165, 1.54) is 33.4 Å². The van der Waals surface area contributed by atoms with Crippen molar-refractivity contribution in [2.75, 3.05) is 0 Å². The molecule has 0 saturated carbocycles. The highest BCUT2D eigenvalue weighted by molar-refractivity contribution is 5.75. The summed E-state index contributed by atoms with van der Waals surface area (Å²) < 4.78 is 0. The Morgan fingerprint density at radius 3 is 1.33 bits per heavy atom. The minimum atomic E-state index is -0.562. The van der Waals surface area contributed by atoms with Gasteiger partial charge in [-0.25, -0.2) is 15.0 Å². The molecule has 4 nitrogen and oxygen atoms in total. The number of nitriles is 1. The molecule has 1 aromatic heterocycles. The van der Waals surface area contributed by atoms with Gasteiger partial charge in [-0.2, -0.15) is 5.26 Å². The van der Waals surface area contributed by atoms with Gasteiger partial charge in [0, 0.05) is 22.6 Å². The number of nitrogens with zero attached hydrogens (tertiary/aromatic N) is 4. The molecule has 0 radical (unpaired) electrons. The zero-order valence-electron chi connectivity index (χ0n) is 28.3. The third kappa shape index (κ3) is 5.11. The Labute approximate surface area is 303 Å². The second-order valence-corrected chi connectivity index (χ2v) is 13.0. The smallest absolute Gasteiger partial charge is 0.164 e. The molecule has 0 atom stereocenters. The average Bonchev–Trinajstić information content (AvgIpc) is 3.24. The lowest BCUT2D eigenvalue weighted by Gasteiger charge is -2.45. The molecule has 244 valence electrons. The van der Waals surface area contributed by atoms with E-state index >= 15 is 0 Å². The van der Waals surface area contributed by atoms with Crippen molar-refractivity contribution < 1.29 is 0 Å². The van der Waals surface area contributed by atoms with Gasteiger partial charge >= 0.3 is 0 Å². The predicted molar refractivity (Wildman–Crippen MR) is 207 cm³/mol. The van der Waals surface area contributed by atoms with Crippen LogP contribution in [0.1, 0.15) is 50.4 Å². The van der Waals surface area contributed by atoms with Gasteiger partial charge in [-0.05, 0) is 51.1 Å². The van der Waals surface area contributed by atoms with Crippen molar-refractivity contribution >= 4 is 0 Å². The first kappa shape index (κ1) is 31.1. The fourth-order valence-corrected chi connectivity index (χ4v) is 7.99. The first-order valence-corrected chi connectivity index (χ1v) is 17.5. The summed E-state index contributed by atoms with van der Waals surface area (Å²) in [6, 6.07) is 67.6. The van der Waals surface area contributed by atoms with Crippen molar-refractivity contribution in [3.8, 4) is 40.2 Å². The van der Waals surface area contributed by atoms with E-state index in [2.05, 4.69) is 121 Å². The van der Waals surface area contributed by atoms with Crippen LogP contribution in [-0.4, -0.2) is 15.0 Å². The summed E-state index contributed by atoms with van der Waals surface area (Å²) in [4.78, 5) is 15.2. The van der Waals surface area contributed by atoms with Crippen LogP contribution in [0.25, 0.3) is 34.2 Å². The summed E-state index contributed by atoms with van der Waals surface area (Å²) in [5, 5.41) is 10.2. The van der Waals surface area contributed by atoms with Crippen molar-refractivity contribution in [3.63, 3.8) is 0 Å². The summed E-state index contributed by atoms with van der Waals surface area (Å²) in [5.41, 5.74) is 10.8. The van der Waals surface area contributed by atoms with E-state index in [0.717, 1.165) is 22.3 Å². The molecule has 1 heterocycles. The lowest BCUT2D eigenvalue weighted by Crippen LogP contribution is -2.37. The third-order valence-corrected chi connectivity index (χ3v) is 10.2. The Bertz CT molecular complexity index is 2430. The lowest BCUT2D eigenvalue weighted by atomic mass is 9.56. The summed E-state index contributed by atoms with van der Waals surface area (Å²) >= 11 is 0. The van der Waals surface area contributed by atoms with Crippen molar-refractivity contribution in [1.29, 1.82) is 5.26 Å². The van der Waals surface area contributed by atoms with Gasteiger partial charge in [0.15, 0.2) is 17.5 Å². The Kier molecular flexibility index (Phi) is 7.80. The van der Waals surface area contributed by atoms with Crippen LogP contribution in [0, 0.1) is 11.3 Å². The van der Waals surface area contributed by atoms with Crippen LogP contribution in [0.5, 0.6) is 0 Å². The fourth-order valence-electron chi connectivity index (χ4n) is 7.99. The summed E-state index contributed by atoms with van der Waals surface area (Å²) in [7, 11) is 0. The Hall–Kier alpha value is -6.96. The Morgan fingerprint density at radius 2 is 0.846 bits per heavy atom. The second-order valence-electron chi connectivity index (χ2n) is 13.0. The van der Waals surface area contributed by atoms with Gasteiger partial charge in [-0.1, -0.05) is 176 Å². The quantitative estimate of drug-likeness (QED) is 0.177. The molecule has 1 aliphatic rings. The Morgan fingerprint density at radius 1 is 0.423 bits per heavy atom. The molecule has 0 N–H and O–H groups in total. The predicted octanol–water partition coefficient (Wildman–Crippen LogP) is 10.6. The monoisotopic (exact) mass is 664 g/mol. The number of rotatable bonds is 6. The van der Waals surface area contributed by atoms with Gasteiger partial charge in [-0.3, -0.25) is 0 Å². The molecule has 0 amide bonds. The number of aromatic nitrogens is 3. The van der Waals surface area contributed by atoms with Crippen molar-refractivity contribution in [2.45, 2.75) is 11.3 Å². The van der Waals surface area contributed by atoms with Crippen molar-refractivity contribution in [2.24, 2.45) is 0 Å². The van der Waals surface area contributed by atoms with Crippen LogP contribution in [0.4, 0.5) is 0 Å². The van der Waals surface area contributed by atoms with E-state index < -0.39 is 5.41 Å². The first-order chi connectivity index (χ1) is 25.8. The molecule has 0 saturated heterocycles. The maximum Gasteiger partial charge on any atom is 0.164 e. The van der Waals surface area contributed by atoms with E-state index in [1.807, 2.05) is 72.8 Å². The van der Waals surface area contributed by atoms with Gasteiger partial charge in [0.1, 0.15) is 0 Å². The molecule has 0 aliphatic heterocycles. The van der Waals surface area contributed by atoms with E-state index in [9.17, 15) is 5.26 Å². The maximum atomic E-state index is 10.2. The van der Waals surface area contributed by atoms with E-state index in [-0.39, 0.29) is 5.92 Å². The number of hydrogen-bond donors (Lipinski definition) is 0. The molecule has 4 heteroatoms. The van der Waals surface area contributed by atoms with Crippen LogP contribution in [0.15, 0.2) is 188 Å². The van der Waals surface area contributed by atoms with Gasteiger partial charge in [0.25, 0.3) is 0 Å². The molecular weight excluding hydrogens is 633 g/mol. The largest absolute Gasteiger partial charge is 0.208 e. The number of benzene rings is 7. The molecule has 0 bridgehead atoms. The van der Waals surface area contributed by atoms with Crippen LogP contribution in [0.3, 0.4) is 0 Å². The molecule has 8 aromatic rings. The summed E-state index contributed by atoms with van der Waals surface area (Å²) in [5.74, 6) is 1.51. The highest BCUT2D eigenvalue weighted by atomic mass is 15.0. The molecule has 0 unspecified atom stereocenters. The molecule has 0 spiro atoms. The van der Waals surface area contributed by atoms with Crippen LogP contribution in [-0.2, 0) is 5.41 Å². The number of fused-ring (bicyclic) bond motifs is 2. The summed E-state index contributed by atoms with van der Waals surface area (Å²) in [6.07, 6.45) is 0. The standard InChI is InChI=1S/C48H32N4/c49-32-33-29-30-38(41(31-33)47-51-45(34-17-5-1-6-18-34)50-46(52-47)35-19-7-2-8-20-35)44-39-25-13-15-27-42(39)48(36-21-9-3-10-22-36,37-23-11-4-12-24-37)43-28-16-14-26-40(43)44/h1-31,44H.